The first-order valence-electron chi connectivity index (χ1n) is 5.68. The third-order valence-corrected chi connectivity index (χ3v) is 2.44. The van der Waals surface area contributed by atoms with Crippen LogP contribution in [0.15, 0.2) is 48.5 Å². The summed E-state index contributed by atoms with van der Waals surface area (Å²) in [5.74, 6) is 0.544. The fraction of sp³-hybridized carbons (Fsp3) is 0.143. The summed E-state index contributed by atoms with van der Waals surface area (Å²) in [6.07, 6.45) is 0. The lowest BCUT2D eigenvalue weighted by Gasteiger charge is -2.08. The van der Waals surface area contributed by atoms with Crippen LogP contribution >= 0.6 is 0 Å². The fourth-order valence-electron chi connectivity index (χ4n) is 1.53. The van der Waals surface area contributed by atoms with Gasteiger partial charge in [-0.1, -0.05) is 12.1 Å². The lowest BCUT2D eigenvalue weighted by Crippen LogP contribution is -2.14. The summed E-state index contributed by atoms with van der Waals surface area (Å²) < 4.78 is 18.3. The van der Waals surface area contributed by atoms with Crippen LogP contribution in [0.5, 0.6) is 5.75 Å². The Morgan fingerprint density at radius 3 is 2.28 bits per heavy atom. The fourth-order valence-corrected chi connectivity index (χ4v) is 1.53. The number of hydrazine groups is 1. The van der Waals surface area contributed by atoms with Gasteiger partial charge in [0.1, 0.15) is 18.2 Å². The molecule has 2 aromatic carbocycles. The van der Waals surface area contributed by atoms with Crippen LogP contribution in [-0.2, 0) is 6.61 Å². The van der Waals surface area contributed by atoms with Crippen molar-refractivity contribution in [3.8, 4) is 5.75 Å². The number of hydrogen-bond donors (Lipinski definition) is 2. The molecule has 2 aromatic rings. The van der Waals surface area contributed by atoms with Crippen LogP contribution in [-0.4, -0.2) is 7.05 Å². The highest BCUT2D eigenvalue weighted by molar-refractivity contribution is 5.45. The molecule has 3 nitrogen and oxygen atoms in total. The molecule has 0 aliphatic rings. The second-order valence-corrected chi connectivity index (χ2v) is 3.81. The van der Waals surface area contributed by atoms with Gasteiger partial charge in [-0.05, 0) is 42.0 Å². The number of halogens is 1. The van der Waals surface area contributed by atoms with Gasteiger partial charge >= 0.3 is 0 Å². The first-order chi connectivity index (χ1) is 8.78. The van der Waals surface area contributed by atoms with E-state index in [1.165, 1.54) is 12.1 Å². The summed E-state index contributed by atoms with van der Waals surface area (Å²) in [4.78, 5) is 0. The molecule has 0 atom stereocenters. The molecule has 0 saturated carbocycles. The van der Waals surface area contributed by atoms with Gasteiger partial charge in [0, 0.05) is 12.7 Å². The minimum absolute atomic E-state index is 0.235. The molecule has 0 fully saturated rings. The van der Waals surface area contributed by atoms with Crippen LogP contribution in [0, 0.1) is 5.82 Å². The largest absolute Gasteiger partial charge is 0.489 e. The van der Waals surface area contributed by atoms with E-state index >= 15 is 0 Å². The van der Waals surface area contributed by atoms with Gasteiger partial charge in [0.2, 0.25) is 0 Å². The van der Waals surface area contributed by atoms with Gasteiger partial charge < -0.3 is 10.2 Å². The molecule has 0 amide bonds. The number of nitrogens with one attached hydrogen (secondary N) is 2. The number of anilines is 1. The maximum atomic E-state index is 12.7. The highest BCUT2D eigenvalue weighted by Gasteiger charge is 1.97. The average Bonchev–Trinajstić information content (AvgIpc) is 2.40. The van der Waals surface area contributed by atoms with Crippen molar-refractivity contribution in [1.29, 1.82) is 0 Å². The molecule has 4 heteroatoms. The second-order valence-electron chi connectivity index (χ2n) is 3.81. The summed E-state index contributed by atoms with van der Waals surface area (Å²) in [7, 11) is 1.80. The van der Waals surface area contributed by atoms with Crippen molar-refractivity contribution in [2.24, 2.45) is 0 Å². The standard InChI is InChI=1S/C14H15FN2O/c1-16-17-13-6-8-14(9-7-13)18-10-11-2-4-12(15)5-3-11/h2-9,16-17H,10H2,1H3. The highest BCUT2D eigenvalue weighted by Crippen LogP contribution is 2.16. The molecule has 2 N–H and O–H groups in total. The molecule has 0 spiro atoms. The van der Waals surface area contributed by atoms with Crippen LogP contribution in [0.2, 0.25) is 0 Å². The van der Waals surface area contributed by atoms with Crippen molar-refractivity contribution < 1.29 is 9.13 Å². The molecule has 0 aliphatic carbocycles. The summed E-state index contributed by atoms with van der Waals surface area (Å²) in [6.45, 7) is 0.430. The summed E-state index contributed by atoms with van der Waals surface area (Å²) in [5.41, 5.74) is 7.71. The lowest BCUT2D eigenvalue weighted by atomic mass is 10.2. The van der Waals surface area contributed by atoms with E-state index in [-0.39, 0.29) is 5.82 Å². The molecule has 2 rings (SSSR count). The zero-order valence-corrected chi connectivity index (χ0v) is 10.1. The van der Waals surface area contributed by atoms with E-state index in [0.717, 1.165) is 17.0 Å². The van der Waals surface area contributed by atoms with Gasteiger partial charge in [0.25, 0.3) is 0 Å². The quantitative estimate of drug-likeness (QED) is 0.796. The van der Waals surface area contributed by atoms with Gasteiger partial charge in [-0.15, -0.1) is 0 Å². The van der Waals surface area contributed by atoms with E-state index in [0.29, 0.717) is 6.61 Å². The number of rotatable bonds is 5. The Balaban J connectivity index is 1.91. The molecule has 0 heterocycles. The van der Waals surface area contributed by atoms with E-state index in [1.54, 1.807) is 19.2 Å². The van der Waals surface area contributed by atoms with Crippen LogP contribution < -0.4 is 15.6 Å². The molecular formula is C14H15FN2O. The highest BCUT2D eigenvalue weighted by atomic mass is 19.1. The van der Waals surface area contributed by atoms with E-state index in [9.17, 15) is 4.39 Å². The molecule has 0 radical (unpaired) electrons. The summed E-state index contributed by atoms with van der Waals surface area (Å²) in [6, 6.07) is 13.9. The van der Waals surface area contributed by atoms with Crippen molar-refractivity contribution >= 4 is 5.69 Å². The maximum Gasteiger partial charge on any atom is 0.123 e. The number of ether oxygens (including phenoxy) is 1. The zero-order chi connectivity index (χ0) is 12.8. The van der Waals surface area contributed by atoms with Crippen molar-refractivity contribution in [1.82, 2.24) is 5.43 Å². The van der Waals surface area contributed by atoms with Crippen molar-refractivity contribution in [2.45, 2.75) is 6.61 Å². The van der Waals surface area contributed by atoms with E-state index in [1.807, 2.05) is 24.3 Å². The first-order valence-corrected chi connectivity index (χ1v) is 5.68. The lowest BCUT2D eigenvalue weighted by molar-refractivity contribution is 0.306. The minimum Gasteiger partial charge on any atom is -0.489 e. The first kappa shape index (κ1) is 12.4. The Labute approximate surface area is 106 Å². The predicted molar refractivity (Wildman–Crippen MR) is 69.9 cm³/mol. The molecule has 0 aromatic heterocycles. The molecule has 94 valence electrons. The molecule has 0 aliphatic heterocycles. The van der Waals surface area contributed by atoms with Gasteiger partial charge in [0.15, 0.2) is 0 Å². The molecule has 18 heavy (non-hydrogen) atoms. The Kier molecular flexibility index (Phi) is 4.15. The molecule has 0 saturated heterocycles. The minimum atomic E-state index is -0.235. The summed E-state index contributed by atoms with van der Waals surface area (Å²) >= 11 is 0. The zero-order valence-electron chi connectivity index (χ0n) is 10.1. The average molecular weight is 246 g/mol. The Morgan fingerprint density at radius 1 is 1.00 bits per heavy atom. The maximum absolute atomic E-state index is 12.7. The van der Waals surface area contributed by atoms with Crippen molar-refractivity contribution in [3.05, 3.63) is 59.9 Å². The van der Waals surface area contributed by atoms with Gasteiger partial charge in [0.05, 0.1) is 0 Å². The Morgan fingerprint density at radius 2 is 1.67 bits per heavy atom. The molecular weight excluding hydrogens is 231 g/mol. The topological polar surface area (TPSA) is 33.3 Å². The molecule has 0 bridgehead atoms. The second kappa shape index (κ2) is 6.02. The van der Waals surface area contributed by atoms with Crippen LogP contribution in [0.3, 0.4) is 0 Å². The SMILES string of the molecule is CNNc1ccc(OCc2ccc(F)cc2)cc1. The van der Waals surface area contributed by atoms with Gasteiger partial charge in [-0.25, -0.2) is 9.82 Å². The van der Waals surface area contributed by atoms with E-state index in [4.69, 9.17) is 4.74 Å². The number of benzene rings is 2. The Bertz CT molecular complexity index is 482. The van der Waals surface area contributed by atoms with Crippen LogP contribution in [0.1, 0.15) is 5.56 Å². The Hall–Kier alpha value is -2.07. The third kappa shape index (κ3) is 3.46. The monoisotopic (exact) mass is 246 g/mol. The van der Waals surface area contributed by atoms with E-state index < -0.39 is 0 Å². The van der Waals surface area contributed by atoms with Crippen LogP contribution in [0.4, 0.5) is 10.1 Å². The normalized spacial score (nSPS) is 10.1. The smallest absolute Gasteiger partial charge is 0.123 e. The third-order valence-electron chi connectivity index (χ3n) is 2.44. The summed E-state index contributed by atoms with van der Waals surface area (Å²) in [5, 5.41) is 0. The molecule has 0 unspecified atom stereocenters. The predicted octanol–water partition coefficient (Wildman–Crippen LogP) is 2.95. The van der Waals surface area contributed by atoms with Gasteiger partial charge in [-0.3, -0.25) is 0 Å². The van der Waals surface area contributed by atoms with E-state index in [2.05, 4.69) is 10.9 Å². The van der Waals surface area contributed by atoms with Gasteiger partial charge in [-0.2, -0.15) is 0 Å². The van der Waals surface area contributed by atoms with Crippen LogP contribution in [0.25, 0.3) is 0 Å². The van der Waals surface area contributed by atoms with Crippen molar-refractivity contribution in [2.75, 3.05) is 12.5 Å². The van der Waals surface area contributed by atoms with Crippen molar-refractivity contribution in [3.63, 3.8) is 0 Å². The number of hydrogen-bond acceptors (Lipinski definition) is 3.